The van der Waals surface area contributed by atoms with Gasteiger partial charge >= 0.3 is 18.0 Å². The van der Waals surface area contributed by atoms with E-state index < -0.39 is 31.2 Å². The summed E-state index contributed by atoms with van der Waals surface area (Å²) in [5.41, 5.74) is 1.19. The molecule has 0 spiro atoms. The van der Waals surface area contributed by atoms with Crippen molar-refractivity contribution in [2.24, 2.45) is 0 Å². The minimum absolute atomic E-state index is 0.159. The molecule has 27 heavy (non-hydrogen) atoms. The Kier molecular flexibility index (Phi) is 7.09. The van der Waals surface area contributed by atoms with Crippen LogP contribution in [0.1, 0.15) is 24.0 Å². The molecular weight excluding hydrogens is 383 g/mol. The van der Waals surface area contributed by atoms with E-state index in [-0.39, 0.29) is 6.10 Å². The van der Waals surface area contributed by atoms with Crippen molar-refractivity contribution >= 4 is 0 Å². The van der Waals surface area contributed by atoms with Crippen LogP contribution in [0, 0.1) is 0 Å². The lowest BCUT2D eigenvalue weighted by molar-refractivity contribution is -0.361. The van der Waals surface area contributed by atoms with Crippen molar-refractivity contribution in [2.75, 3.05) is 19.7 Å². The zero-order valence-electron chi connectivity index (χ0n) is 14.3. The van der Waals surface area contributed by atoms with Gasteiger partial charge in [-0.25, -0.2) is 0 Å². The summed E-state index contributed by atoms with van der Waals surface area (Å²) in [4.78, 5) is 0. The highest BCUT2D eigenvalue weighted by Crippen LogP contribution is 2.46. The molecule has 1 fully saturated rings. The fourth-order valence-corrected chi connectivity index (χ4v) is 2.50. The quantitative estimate of drug-likeness (QED) is 0.657. The monoisotopic (exact) mass is 403 g/mol. The molecule has 10 heteroatoms. The first-order valence-corrected chi connectivity index (χ1v) is 8.33. The van der Waals surface area contributed by atoms with Crippen molar-refractivity contribution in [1.29, 1.82) is 0 Å². The van der Waals surface area contributed by atoms with Crippen LogP contribution in [0.15, 0.2) is 24.3 Å². The zero-order chi connectivity index (χ0) is 20.1. The lowest BCUT2D eigenvalue weighted by atomic mass is 10.1. The van der Waals surface area contributed by atoms with Crippen molar-refractivity contribution in [1.82, 2.24) is 5.32 Å². The molecule has 1 aliphatic rings. The van der Waals surface area contributed by atoms with Gasteiger partial charge in [-0.3, -0.25) is 0 Å². The number of hydrogen-bond acceptors (Lipinski definition) is 3. The van der Waals surface area contributed by atoms with E-state index in [0.29, 0.717) is 12.2 Å². The molecule has 154 valence electrons. The minimum atomic E-state index is -6.35. The van der Waals surface area contributed by atoms with Crippen LogP contribution in [0.25, 0.3) is 0 Å². The van der Waals surface area contributed by atoms with Crippen molar-refractivity contribution in [3.8, 4) is 0 Å². The molecule has 0 aromatic heterocycles. The van der Waals surface area contributed by atoms with E-state index >= 15 is 0 Å². The molecule has 0 aliphatic carbocycles. The normalized spacial score (nSPS) is 17.3. The number of alkyl halides is 7. The van der Waals surface area contributed by atoms with E-state index in [1.807, 2.05) is 0 Å². The minimum Gasteiger partial charge on any atom is -0.373 e. The lowest BCUT2D eigenvalue weighted by Gasteiger charge is -2.27. The average molecular weight is 403 g/mol. The molecule has 0 amide bonds. The summed E-state index contributed by atoms with van der Waals surface area (Å²) in [6.07, 6.45) is -4.38. The molecule has 1 aromatic rings. The smallest absolute Gasteiger partial charge is 0.373 e. The Hall–Kier alpha value is -1.39. The van der Waals surface area contributed by atoms with E-state index in [1.165, 1.54) is 12.1 Å². The number of nitrogens with one attached hydrogen (secondary N) is 1. The van der Waals surface area contributed by atoms with Gasteiger partial charge in [0, 0.05) is 0 Å². The Morgan fingerprint density at radius 2 is 1.37 bits per heavy atom. The van der Waals surface area contributed by atoms with Gasteiger partial charge in [-0.05, 0) is 37.1 Å². The zero-order valence-corrected chi connectivity index (χ0v) is 14.3. The third-order valence-corrected chi connectivity index (χ3v) is 4.16. The Morgan fingerprint density at radius 3 is 1.89 bits per heavy atom. The molecule has 0 radical (unpaired) electrons. The summed E-state index contributed by atoms with van der Waals surface area (Å²) in [5, 5.41) is 3.21. The van der Waals surface area contributed by atoms with Gasteiger partial charge in [-0.15, -0.1) is 0 Å². The Labute approximate surface area is 151 Å². The molecule has 0 atom stereocenters. The van der Waals surface area contributed by atoms with Gasteiger partial charge in [-0.2, -0.15) is 30.7 Å². The molecule has 0 bridgehead atoms. The SMILES string of the molecule is FC(F)(F)C(F)(F)C(F)(F)COCc1ccc(COC2CCNCC2)cc1. The summed E-state index contributed by atoms with van der Waals surface area (Å²) < 4.78 is 98.0. The number of halogens is 7. The van der Waals surface area contributed by atoms with Gasteiger partial charge in [-0.1, -0.05) is 24.3 Å². The van der Waals surface area contributed by atoms with Crippen molar-refractivity contribution in [3.63, 3.8) is 0 Å². The molecule has 1 aliphatic heterocycles. The van der Waals surface area contributed by atoms with Crippen LogP contribution in [0.2, 0.25) is 0 Å². The first-order chi connectivity index (χ1) is 12.5. The maximum atomic E-state index is 13.1. The largest absolute Gasteiger partial charge is 0.459 e. The lowest BCUT2D eigenvalue weighted by Crippen LogP contribution is -2.54. The van der Waals surface area contributed by atoms with Crippen LogP contribution in [0.3, 0.4) is 0 Å². The number of piperidine rings is 1. The summed E-state index contributed by atoms with van der Waals surface area (Å²) in [7, 11) is 0. The Balaban J connectivity index is 1.79. The van der Waals surface area contributed by atoms with E-state index in [1.54, 1.807) is 12.1 Å². The predicted molar refractivity (Wildman–Crippen MR) is 82.7 cm³/mol. The average Bonchev–Trinajstić information content (AvgIpc) is 2.61. The Morgan fingerprint density at radius 1 is 0.852 bits per heavy atom. The fraction of sp³-hybridized carbons (Fsp3) is 0.647. The molecule has 1 N–H and O–H groups in total. The van der Waals surface area contributed by atoms with E-state index in [0.717, 1.165) is 31.5 Å². The van der Waals surface area contributed by atoms with Gasteiger partial charge in [0.1, 0.15) is 6.61 Å². The van der Waals surface area contributed by atoms with E-state index in [4.69, 9.17) is 4.74 Å². The molecule has 1 aromatic carbocycles. The summed E-state index contributed by atoms with van der Waals surface area (Å²) in [6, 6.07) is 6.34. The topological polar surface area (TPSA) is 30.5 Å². The highest BCUT2D eigenvalue weighted by Gasteiger charge is 2.72. The molecule has 0 unspecified atom stereocenters. The molecule has 1 heterocycles. The second-order valence-corrected chi connectivity index (χ2v) is 6.35. The van der Waals surface area contributed by atoms with Crippen molar-refractivity contribution in [2.45, 2.75) is 50.2 Å². The standard InChI is InChI=1S/C17H20F7NO2/c18-15(19,16(20,21)17(22,23)24)11-26-9-12-1-3-13(4-2-12)10-27-14-5-7-25-8-6-14/h1-4,14,25H,5-11H2. The Bertz CT molecular complexity index is 584. The molecule has 1 saturated heterocycles. The number of benzene rings is 1. The maximum Gasteiger partial charge on any atom is 0.459 e. The summed E-state index contributed by atoms with van der Waals surface area (Å²) in [5.74, 6) is -11.5. The number of ether oxygens (including phenoxy) is 2. The second-order valence-electron chi connectivity index (χ2n) is 6.35. The fourth-order valence-electron chi connectivity index (χ4n) is 2.50. The van der Waals surface area contributed by atoms with Crippen molar-refractivity contribution in [3.05, 3.63) is 35.4 Å². The van der Waals surface area contributed by atoms with Crippen LogP contribution in [0.4, 0.5) is 30.7 Å². The van der Waals surface area contributed by atoms with Crippen LogP contribution in [0.5, 0.6) is 0 Å². The van der Waals surface area contributed by atoms with Crippen LogP contribution in [-0.4, -0.2) is 43.8 Å². The molecule has 3 nitrogen and oxygen atoms in total. The van der Waals surface area contributed by atoms with Gasteiger partial charge in [0.15, 0.2) is 0 Å². The first-order valence-electron chi connectivity index (χ1n) is 8.33. The highest BCUT2D eigenvalue weighted by atomic mass is 19.4. The number of hydrogen-bond donors (Lipinski definition) is 1. The van der Waals surface area contributed by atoms with Gasteiger partial charge in [0.2, 0.25) is 0 Å². The molecular formula is C17H20F7NO2. The summed E-state index contributed by atoms with van der Waals surface area (Å²) >= 11 is 0. The van der Waals surface area contributed by atoms with Gasteiger partial charge in [0.25, 0.3) is 0 Å². The molecule has 0 saturated carbocycles. The summed E-state index contributed by atoms with van der Waals surface area (Å²) in [6.45, 7) is -0.418. The number of rotatable bonds is 8. The van der Waals surface area contributed by atoms with E-state index in [2.05, 4.69) is 10.1 Å². The third-order valence-electron chi connectivity index (χ3n) is 4.16. The van der Waals surface area contributed by atoms with E-state index in [9.17, 15) is 30.7 Å². The van der Waals surface area contributed by atoms with Gasteiger partial charge in [0.05, 0.1) is 19.3 Å². The molecule has 2 rings (SSSR count). The van der Waals surface area contributed by atoms with Gasteiger partial charge < -0.3 is 14.8 Å². The van der Waals surface area contributed by atoms with Crippen LogP contribution in [-0.2, 0) is 22.7 Å². The maximum absolute atomic E-state index is 13.1. The van der Waals surface area contributed by atoms with Crippen LogP contribution < -0.4 is 5.32 Å². The second kappa shape index (κ2) is 8.74. The predicted octanol–water partition coefficient (Wildman–Crippen LogP) is 4.30. The van der Waals surface area contributed by atoms with Crippen LogP contribution >= 0.6 is 0 Å². The first kappa shape index (κ1) is 21.9. The highest BCUT2D eigenvalue weighted by molar-refractivity contribution is 5.21. The third kappa shape index (κ3) is 5.79. The van der Waals surface area contributed by atoms with Crippen molar-refractivity contribution < 1.29 is 40.2 Å².